The molecule has 1 amide bonds. The van der Waals surface area contributed by atoms with Gasteiger partial charge in [0.1, 0.15) is 0 Å². The smallest absolute Gasteiger partial charge is 0.240 e. The number of benzene rings is 2. The lowest BCUT2D eigenvalue weighted by Gasteiger charge is -2.36. The van der Waals surface area contributed by atoms with Crippen LogP contribution >= 0.6 is 0 Å². The van der Waals surface area contributed by atoms with E-state index in [0.717, 1.165) is 31.9 Å². The van der Waals surface area contributed by atoms with Gasteiger partial charge in [-0.05, 0) is 36.5 Å². The summed E-state index contributed by atoms with van der Waals surface area (Å²) in [7, 11) is 1.88. The molecule has 4 heteroatoms. The van der Waals surface area contributed by atoms with Crippen LogP contribution in [-0.4, -0.2) is 55.0 Å². The molecule has 142 valence electrons. The van der Waals surface area contributed by atoms with Gasteiger partial charge in [-0.15, -0.1) is 0 Å². The summed E-state index contributed by atoms with van der Waals surface area (Å²) in [5, 5.41) is 0. The number of para-hydroxylation sites is 1. The normalized spacial score (nSPS) is 23.1. The molecule has 2 bridgehead atoms. The minimum Gasteiger partial charge on any atom is -0.314 e. The molecule has 3 heterocycles. The summed E-state index contributed by atoms with van der Waals surface area (Å²) in [6, 6.07) is 21.2. The van der Waals surface area contributed by atoms with Crippen molar-refractivity contribution in [1.82, 2.24) is 9.80 Å². The van der Waals surface area contributed by atoms with Crippen molar-refractivity contribution in [2.24, 2.45) is 5.92 Å². The molecule has 0 aromatic heterocycles. The molecule has 27 heavy (non-hydrogen) atoms. The second-order valence-corrected chi connectivity index (χ2v) is 7.99. The lowest BCUT2D eigenvalue weighted by Crippen LogP contribution is -2.44. The van der Waals surface area contributed by atoms with Crippen LogP contribution in [0.25, 0.3) is 0 Å². The highest BCUT2D eigenvalue weighted by Gasteiger charge is 2.35. The van der Waals surface area contributed by atoms with Gasteiger partial charge in [0.2, 0.25) is 5.91 Å². The predicted molar refractivity (Wildman–Crippen MR) is 110 cm³/mol. The van der Waals surface area contributed by atoms with Gasteiger partial charge in [0.15, 0.2) is 0 Å². The molecule has 3 aliphatic rings. The van der Waals surface area contributed by atoms with Crippen molar-refractivity contribution in [3.63, 3.8) is 0 Å². The number of hydrogen-bond acceptors (Lipinski definition) is 3. The highest BCUT2D eigenvalue weighted by molar-refractivity contribution is 5.94. The molecule has 0 spiro atoms. The number of anilines is 1. The standard InChI is InChI=1S/C23H29N3O/c1-24(21-10-6-3-7-11-21)23(27)18-25-14-20-12-13-22(17-25)26(16-20)15-19-8-4-2-5-9-19/h2-11,20,22H,12-18H2,1H3/t20-,22+/m1/s1. The van der Waals surface area contributed by atoms with E-state index in [0.29, 0.717) is 18.5 Å². The summed E-state index contributed by atoms with van der Waals surface area (Å²) in [6.45, 7) is 4.72. The molecule has 0 radical (unpaired) electrons. The van der Waals surface area contributed by atoms with Crippen molar-refractivity contribution in [3.05, 3.63) is 66.2 Å². The zero-order valence-electron chi connectivity index (χ0n) is 16.1. The monoisotopic (exact) mass is 363 g/mol. The molecule has 0 saturated carbocycles. The van der Waals surface area contributed by atoms with Crippen LogP contribution in [0.4, 0.5) is 5.69 Å². The second kappa shape index (κ2) is 8.24. The van der Waals surface area contributed by atoms with E-state index >= 15 is 0 Å². The van der Waals surface area contributed by atoms with Crippen LogP contribution in [-0.2, 0) is 11.3 Å². The lowest BCUT2D eigenvalue weighted by atomic mass is 9.94. The van der Waals surface area contributed by atoms with Crippen molar-refractivity contribution >= 4 is 11.6 Å². The van der Waals surface area contributed by atoms with Crippen LogP contribution in [0.3, 0.4) is 0 Å². The summed E-state index contributed by atoms with van der Waals surface area (Å²) < 4.78 is 0. The van der Waals surface area contributed by atoms with E-state index in [9.17, 15) is 4.79 Å². The number of amides is 1. The summed E-state index contributed by atoms with van der Waals surface area (Å²) >= 11 is 0. The van der Waals surface area contributed by atoms with Gasteiger partial charge < -0.3 is 4.90 Å². The largest absolute Gasteiger partial charge is 0.314 e. The van der Waals surface area contributed by atoms with E-state index in [1.165, 1.54) is 18.4 Å². The molecule has 4 nitrogen and oxygen atoms in total. The molecule has 0 unspecified atom stereocenters. The molecule has 2 aromatic carbocycles. The lowest BCUT2D eigenvalue weighted by molar-refractivity contribution is -0.119. The Labute approximate surface area is 162 Å². The van der Waals surface area contributed by atoms with Gasteiger partial charge in [-0.25, -0.2) is 0 Å². The Morgan fingerprint density at radius 2 is 1.67 bits per heavy atom. The summed E-state index contributed by atoms with van der Waals surface area (Å²) in [6.07, 6.45) is 2.53. The van der Waals surface area contributed by atoms with E-state index in [1.54, 1.807) is 4.90 Å². The number of carbonyl (C=O) groups is 1. The van der Waals surface area contributed by atoms with Crippen LogP contribution in [0.5, 0.6) is 0 Å². The zero-order chi connectivity index (χ0) is 18.6. The first-order chi connectivity index (χ1) is 13.2. The number of rotatable bonds is 5. The summed E-state index contributed by atoms with van der Waals surface area (Å²) in [4.78, 5) is 19.6. The van der Waals surface area contributed by atoms with Crippen molar-refractivity contribution in [2.45, 2.75) is 25.4 Å². The molecule has 0 aliphatic carbocycles. The Bertz CT molecular complexity index is 749. The SMILES string of the molecule is CN(C(=O)CN1C[C@H]2CC[C@@H](C1)N(Cc1ccccc1)C2)c1ccccc1. The molecule has 2 atom stereocenters. The second-order valence-electron chi connectivity index (χ2n) is 7.99. The molecule has 3 saturated heterocycles. The number of fused-ring (bicyclic) bond motifs is 4. The van der Waals surface area contributed by atoms with E-state index in [4.69, 9.17) is 0 Å². The average molecular weight is 364 g/mol. The third-order valence-electron chi connectivity index (χ3n) is 6.01. The van der Waals surface area contributed by atoms with Gasteiger partial charge in [-0.2, -0.15) is 0 Å². The summed E-state index contributed by atoms with van der Waals surface area (Å²) in [5.74, 6) is 0.847. The van der Waals surface area contributed by atoms with Crippen LogP contribution in [0, 0.1) is 5.92 Å². The molecule has 3 aliphatic heterocycles. The van der Waals surface area contributed by atoms with E-state index in [2.05, 4.69) is 40.1 Å². The average Bonchev–Trinajstić information content (AvgIpc) is 2.99. The Kier molecular flexibility index (Phi) is 5.55. The molecular weight excluding hydrogens is 334 g/mol. The van der Waals surface area contributed by atoms with Crippen LogP contribution in [0.1, 0.15) is 18.4 Å². The maximum Gasteiger partial charge on any atom is 0.240 e. The van der Waals surface area contributed by atoms with Crippen molar-refractivity contribution < 1.29 is 4.79 Å². The fourth-order valence-electron chi connectivity index (χ4n) is 4.51. The Morgan fingerprint density at radius 3 is 2.41 bits per heavy atom. The van der Waals surface area contributed by atoms with Crippen molar-refractivity contribution in [1.29, 1.82) is 0 Å². The third kappa shape index (κ3) is 4.40. The third-order valence-corrected chi connectivity index (χ3v) is 6.01. The minimum atomic E-state index is 0.178. The first-order valence-corrected chi connectivity index (χ1v) is 10.0. The highest BCUT2D eigenvalue weighted by Crippen LogP contribution is 2.29. The van der Waals surface area contributed by atoms with Crippen LogP contribution in [0.2, 0.25) is 0 Å². The fraction of sp³-hybridized carbons (Fsp3) is 0.435. The predicted octanol–water partition coefficient (Wildman–Crippen LogP) is 3.25. The Morgan fingerprint density at radius 1 is 0.963 bits per heavy atom. The van der Waals surface area contributed by atoms with Gasteiger partial charge >= 0.3 is 0 Å². The minimum absolute atomic E-state index is 0.178. The van der Waals surface area contributed by atoms with Crippen molar-refractivity contribution in [2.75, 3.05) is 38.1 Å². The molecule has 3 fully saturated rings. The van der Waals surface area contributed by atoms with Gasteiger partial charge in [-0.3, -0.25) is 14.6 Å². The Hall–Kier alpha value is -2.17. The summed E-state index contributed by atoms with van der Waals surface area (Å²) in [5.41, 5.74) is 2.35. The molecular formula is C23H29N3O. The first kappa shape index (κ1) is 18.2. The van der Waals surface area contributed by atoms with Crippen LogP contribution in [0.15, 0.2) is 60.7 Å². The van der Waals surface area contributed by atoms with Crippen molar-refractivity contribution in [3.8, 4) is 0 Å². The molecule has 5 rings (SSSR count). The van der Waals surface area contributed by atoms with Gasteiger partial charge in [0.25, 0.3) is 0 Å². The fourth-order valence-corrected chi connectivity index (χ4v) is 4.51. The topological polar surface area (TPSA) is 26.8 Å². The highest BCUT2D eigenvalue weighted by atomic mass is 16.2. The molecule has 0 N–H and O–H groups in total. The van der Waals surface area contributed by atoms with Gasteiger partial charge in [0.05, 0.1) is 6.54 Å². The number of hydrogen-bond donors (Lipinski definition) is 0. The number of nitrogens with zero attached hydrogens (tertiary/aromatic N) is 3. The first-order valence-electron chi connectivity index (χ1n) is 10.0. The maximum atomic E-state index is 12.8. The van der Waals surface area contributed by atoms with Crippen LogP contribution < -0.4 is 4.90 Å². The van der Waals surface area contributed by atoms with E-state index in [1.807, 2.05) is 37.4 Å². The van der Waals surface area contributed by atoms with Gasteiger partial charge in [0, 0.05) is 45.0 Å². The Balaban J connectivity index is 1.39. The van der Waals surface area contributed by atoms with E-state index in [-0.39, 0.29) is 5.91 Å². The number of carbonyl (C=O) groups excluding carboxylic acids is 1. The quantitative estimate of drug-likeness (QED) is 0.816. The number of piperidine rings is 1. The van der Waals surface area contributed by atoms with Gasteiger partial charge in [-0.1, -0.05) is 48.5 Å². The maximum absolute atomic E-state index is 12.8. The number of likely N-dealkylation sites (N-methyl/N-ethyl adjacent to an activating group) is 1. The molecule has 2 aromatic rings. The van der Waals surface area contributed by atoms with E-state index < -0.39 is 0 Å². The zero-order valence-corrected chi connectivity index (χ0v) is 16.1.